The predicted molar refractivity (Wildman–Crippen MR) is 116 cm³/mol. The van der Waals surface area contributed by atoms with Crippen LogP contribution in [0.1, 0.15) is 50.0 Å². The lowest BCUT2D eigenvalue weighted by Crippen LogP contribution is -2.45. The molecule has 4 rings (SSSR count). The molecule has 30 heavy (non-hydrogen) atoms. The monoisotopic (exact) mass is 428 g/mol. The molecule has 1 amide bonds. The van der Waals surface area contributed by atoms with Gasteiger partial charge in [0.25, 0.3) is 0 Å². The highest BCUT2D eigenvalue weighted by atomic mass is 32.2. The molecule has 2 aromatic rings. The van der Waals surface area contributed by atoms with E-state index in [0.29, 0.717) is 25.9 Å². The van der Waals surface area contributed by atoms with Crippen LogP contribution in [0.4, 0.5) is 0 Å². The quantitative estimate of drug-likeness (QED) is 0.667. The van der Waals surface area contributed by atoms with Crippen molar-refractivity contribution in [3.8, 4) is 0 Å². The standard InChI is InChI=1S/C23H28N2O4S/c1-18(22-8-5-16-29-22)25(21-9-10-21)23(26)20-11-14-24(15-12-20)30(27,28)17-13-19-6-3-2-4-7-19/h2-8,13,16-18,20-21H,9-12,14-15H2,1H3/b17-13+. The number of carbonyl (C=O) groups is 1. The van der Waals surface area contributed by atoms with E-state index in [1.165, 1.54) is 9.71 Å². The number of furan rings is 1. The van der Waals surface area contributed by atoms with Crippen molar-refractivity contribution < 1.29 is 17.6 Å². The van der Waals surface area contributed by atoms with Crippen molar-refractivity contribution in [1.82, 2.24) is 9.21 Å². The van der Waals surface area contributed by atoms with E-state index in [9.17, 15) is 13.2 Å². The Kier molecular flexibility index (Phi) is 6.11. The molecule has 1 aliphatic heterocycles. The summed E-state index contributed by atoms with van der Waals surface area (Å²) in [6, 6.07) is 13.3. The molecule has 0 bridgehead atoms. The predicted octanol–water partition coefficient (Wildman–Crippen LogP) is 4.04. The van der Waals surface area contributed by atoms with Gasteiger partial charge < -0.3 is 9.32 Å². The van der Waals surface area contributed by atoms with Crippen molar-refractivity contribution in [3.63, 3.8) is 0 Å². The Morgan fingerprint density at radius 3 is 2.40 bits per heavy atom. The molecule has 6 nitrogen and oxygen atoms in total. The molecule has 7 heteroatoms. The van der Waals surface area contributed by atoms with E-state index < -0.39 is 10.0 Å². The zero-order valence-corrected chi connectivity index (χ0v) is 18.0. The maximum Gasteiger partial charge on any atom is 0.236 e. The van der Waals surface area contributed by atoms with Crippen LogP contribution < -0.4 is 0 Å². The highest BCUT2D eigenvalue weighted by Crippen LogP contribution is 2.37. The van der Waals surface area contributed by atoms with Gasteiger partial charge in [0, 0.05) is 30.5 Å². The summed E-state index contributed by atoms with van der Waals surface area (Å²) >= 11 is 0. The lowest BCUT2D eigenvalue weighted by molar-refractivity contribution is -0.140. The van der Waals surface area contributed by atoms with Crippen LogP contribution in [0.25, 0.3) is 6.08 Å². The maximum absolute atomic E-state index is 13.3. The molecular weight excluding hydrogens is 400 g/mol. The van der Waals surface area contributed by atoms with Gasteiger partial charge in [0.05, 0.1) is 12.3 Å². The van der Waals surface area contributed by atoms with Crippen LogP contribution in [0.2, 0.25) is 0 Å². The molecule has 1 saturated heterocycles. The molecule has 2 aliphatic rings. The summed E-state index contributed by atoms with van der Waals surface area (Å²) in [5.41, 5.74) is 0.845. The van der Waals surface area contributed by atoms with Gasteiger partial charge in [-0.25, -0.2) is 8.42 Å². The molecule has 160 valence electrons. The first-order chi connectivity index (χ1) is 14.5. The second-order valence-corrected chi connectivity index (χ2v) is 9.92. The van der Waals surface area contributed by atoms with Gasteiger partial charge in [-0.3, -0.25) is 4.79 Å². The van der Waals surface area contributed by atoms with Crippen LogP contribution in [-0.4, -0.2) is 42.7 Å². The molecule has 1 saturated carbocycles. The van der Waals surface area contributed by atoms with E-state index in [0.717, 1.165) is 24.2 Å². The van der Waals surface area contributed by atoms with Crippen molar-refractivity contribution in [2.45, 2.75) is 44.7 Å². The molecule has 1 aliphatic carbocycles. The first-order valence-corrected chi connectivity index (χ1v) is 12.0. The molecule has 1 aromatic carbocycles. The first kappa shape index (κ1) is 20.9. The van der Waals surface area contributed by atoms with E-state index in [-0.39, 0.29) is 23.9 Å². The van der Waals surface area contributed by atoms with Crippen LogP contribution in [0.15, 0.2) is 58.6 Å². The van der Waals surface area contributed by atoms with Crippen LogP contribution >= 0.6 is 0 Å². The molecular formula is C23H28N2O4S. The molecule has 2 heterocycles. The highest BCUT2D eigenvalue weighted by molar-refractivity contribution is 7.92. The smallest absolute Gasteiger partial charge is 0.236 e. The first-order valence-electron chi connectivity index (χ1n) is 10.5. The zero-order chi connectivity index (χ0) is 21.1. The molecule has 1 unspecified atom stereocenters. The van der Waals surface area contributed by atoms with E-state index in [1.54, 1.807) is 12.3 Å². The minimum absolute atomic E-state index is 0.101. The summed E-state index contributed by atoms with van der Waals surface area (Å²) in [7, 11) is -3.49. The van der Waals surface area contributed by atoms with Crippen molar-refractivity contribution in [2.75, 3.05) is 13.1 Å². The Morgan fingerprint density at radius 1 is 1.10 bits per heavy atom. The Bertz CT molecular complexity index is 973. The van der Waals surface area contributed by atoms with Gasteiger partial charge in [-0.1, -0.05) is 30.3 Å². The zero-order valence-electron chi connectivity index (χ0n) is 17.2. The van der Waals surface area contributed by atoms with Gasteiger partial charge in [0.15, 0.2) is 0 Å². The number of hydrogen-bond acceptors (Lipinski definition) is 4. The summed E-state index contributed by atoms with van der Waals surface area (Å²) < 4.78 is 32.4. The highest BCUT2D eigenvalue weighted by Gasteiger charge is 2.41. The Balaban J connectivity index is 1.38. The van der Waals surface area contributed by atoms with Crippen LogP contribution in [0.5, 0.6) is 0 Å². The minimum atomic E-state index is -3.49. The minimum Gasteiger partial charge on any atom is -0.467 e. The second kappa shape index (κ2) is 8.78. The molecule has 1 aromatic heterocycles. The Hall–Kier alpha value is -2.38. The SMILES string of the molecule is CC(c1ccco1)N(C(=O)C1CCN(S(=O)(=O)/C=C/c2ccccc2)CC1)C1CC1. The van der Waals surface area contributed by atoms with Gasteiger partial charge in [-0.15, -0.1) is 0 Å². The molecule has 0 spiro atoms. The number of piperidine rings is 1. The van der Waals surface area contributed by atoms with Crippen molar-refractivity contribution >= 4 is 22.0 Å². The van der Waals surface area contributed by atoms with Crippen LogP contribution in [-0.2, 0) is 14.8 Å². The third-order valence-electron chi connectivity index (χ3n) is 5.96. The molecule has 2 fully saturated rings. The summed E-state index contributed by atoms with van der Waals surface area (Å²) in [5, 5.41) is 1.26. The van der Waals surface area contributed by atoms with Crippen LogP contribution in [0, 0.1) is 5.92 Å². The summed E-state index contributed by atoms with van der Waals surface area (Å²) in [6.45, 7) is 2.74. The van der Waals surface area contributed by atoms with Gasteiger partial charge >= 0.3 is 0 Å². The van der Waals surface area contributed by atoms with Crippen molar-refractivity contribution in [1.29, 1.82) is 0 Å². The number of sulfonamides is 1. The summed E-state index contributed by atoms with van der Waals surface area (Å²) in [6.07, 6.45) is 6.39. The number of hydrogen-bond donors (Lipinski definition) is 0. The van der Waals surface area contributed by atoms with Crippen molar-refractivity contribution in [3.05, 3.63) is 65.5 Å². The van der Waals surface area contributed by atoms with Gasteiger partial charge in [-0.2, -0.15) is 4.31 Å². The van der Waals surface area contributed by atoms with E-state index in [4.69, 9.17) is 4.42 Å². The molecule has 1 atom stereocenters. The number of amides is 1. The number of rotatable bonds is 7. The topological polar surface area (TPSA) is 70.8 Å². The van der Waals surface area contributed by atoms with Gasteiger partial charge in [0.2, 0.25) is 15.9 Å². The van der Waals surface area contributed by atoms with Crippen LogP contribution in [0.3, 0.4) is 0 Å². The number of nitrogens with zero attached hydrogens (tertiary/aromatic N) is 2. The Labute approximate surface area is 178 Å². The average Bonchev–Trinajstić information content (AvgIpc) is 3.44. The van der Waals surface area contributed by atoms with Gasteiger partial charge in [-0.05, 0) is 56.4 Å². The van der Waals surface area contributed by atoms with Gasteiger partial charge in [0.1, 0.15) is 5.76 Å². The lowest BCUT2D eigenvalue weighted by Gasteiger charge is -2.35. The molecule has 0 N–H and O–H groups in total. The fourth-order valence-corrected chi connectivity index (χ4v) is 5.31. The van der Waals surface area contributed by atoms with E-state index in [2.05, 4.69) is 0 Å². The Morgan fingerprint density at radius 2 is 1.80 bits per heavy atom. The second-order valence-electron chi connectivity index (χ2n) is 8.10. The van der Waals surface area contributed by atoms with E-state index >= 15 is 0 Å². The fourth-order valence-electron chi connectivity index (χ4n) is 4.09. The molecule has 0 radical (unpaired) electrons. The van der Waals surface area contributed by atoms with Crippen molar-refractivity contribution in [2.24, 2.45) is 5.92 Å². The number of carbonyl (C=O) groups excluding carboxylic acids is 1. The number of benzene rings is 1. The summed E-state index contributed by atoms with van der Waals surface area (Å²) in [4.78, 5) is 15.2. The fraction of sp³-hybridized carbons (Fsp3) is 0.435. The maximum atomic E-state index is 13.3. The van der Waals surface area contributed by atoms with E-state index in [1.807, 2.05) is 54.3 Å². The average molecular weight is 429 g/mol. The summed E-state index contributed by atoms with van der Waals surface area (Å²) in [5.74, 6) is 0.771. The third-order valence-corrected chi connectivity index (χ3v) is 7.53. The third kappa shape index (κ3) is 4.68. The normalized spacial score (nSPS) is 19.8. The lowest BCUT2D eigenvalue weighted by atomic mass is 9.95. The largest absolute Gasteiger partial charge is 0.467 e.